The van der Waals surface area contributed by atoms with Gasteiger partial charge < -0.3 is 9.13 Å². The Kier molecular flexibility index (Phi) is 8.38. The average molecular weight is 631 g/mol. The van der Waals surface area contributed by atoms with Crippen LogP contribution in [0, 0.1) is 24.7 Å². The van der Waals surface area contributed by atoms with Gasteiger partial charge in [-0.1, -0.05) is 98.7 Å². The molecule has 48 heavy (non-hydrogen) atoms. The van der Waals surface area contributed by atoms with Crippen molar-refractivity contribution in [1.29, 1.82) is 0 Å². The molecule has 5 aromatic rings. The van der Waals surface area contributed by atoms with Crippen molar-refractivity contribution < 1.29 is 4.79 Å². The second-order valence-electron chi connectivity index (χ2n) is 14.3. The number of aromatic nitrogens is 2. The number of para-hydroxylation sites is 2. The lowest BCUT2D eigenvalue weighted by Gasteiger charge is -2.18. The summed E-state index contributed by atoms with van der Waals surface area (Å²) in [7, 11) is 0. The first-order valence-corrected chi connectivity index (χ1v) is 18.2. The molecule has 3 atom stereocenters. The van der Waals surface area contributed by atoms with E-state index in [0.29, 0.717) is 6.42 Å². The lowest BCUT2D eigenvalue weighted by Crippen LogP contribution is -2.08. The second kappa shape index (κ2) is 13.1. The Morgan fingerprint density at radius 3 is 2.40 bits per heavy atom. The van der Waals surface area contributed by atoms with Crippen LogP contribution in [0.15, 0.2) is 104 Å². The van der Waals surface area contributed by atoms with Crippen molar-refractivity contribution in [1.82, 2.24) is 9.13 Å². The van der Waals surface area contributed by atoms with Crippen LogP contribution in [-0.4, -0.2) is 14.9 Å². The molecule has 242 valence electrons. The van der Waals surface area contributed by atoms with E-state index in [-0.39, 0.29) is 5.78 Å². The zero-order valence-electron chi connectivity index (χ0n) is 28.2. The van der Waals surface area contributed by atoms with Crippen LogP contribution in [0.5, 0.6) is 0 Å². The predicted octanol–water partition coefficient (Wildman–Crippen LogP) is 11.8. The molecule has 2 bridgehead atoms. The van der Waals surface area contributed by atoms with Gasteiger partial charge in [0.05, 0.1) is 11.0 Å². The van der Waals surface area contributed by atoms with Crippen LogP contribution in [0.1, 0.15) is 90.7 Å². The average Bonchev–Trinajstić information content (AvgIpc) is 3.89. The molecule has 1 saturated carbocycles. The summed E-state index contributed by atoms with van der Waals surface area (Å²) in [6, 6.07) is 23.8. The van der Waals surface area contributed by atoms with Crippen molar-refractivity contribution in [3.05, 3.63) is 132 Å². The van der Waals surface area contributed by atoms with Crippen LogP contribution in [0.25, 0.3) is 45.3 Å². The quantitative estimate of drug-likeness (QED) is 0.0583. The Morgan fingerprint density at radius 1 is 0.875 bits per heavy atom. The van der Waals surface area contributed by atoms with E-state index in [2.05, 4.69) is 120 Å². The highest BCUT2D eigenvalue weighted by molar-refractivity contribution is 5.99. The van der Waals surface area contributed by atoms with Crippen LogP contribution < -0.4 is 0 Å². The van der Waals surface area contributed by atoms with Crippen LogP contribution in [-0.2, 0) is 6.42 Å². The standard InChI is InChI=1S/C45H46N2O/c1-3-4-19-41-31(2)38-16-9-12-20-42(38)46(41)36-28-35(45(48)23-8-6-5-7-15-33-26-32-24-25-34(33)27-32)29-37(30-36)47-43-21-13-10-17-39(43)40-18-11-14-22-44(40)47/h3-4,9-13,16-21,24-25,28-30,32-34H,1,5-8,14-15,22-23,26-27H2,2H3/b19-4-. The number of unbranched alkanes of at least 4 members (excludes halogenated alkanes) is 3. The molecule has 2 aromatic heterocycles. The molecule has 3 heteroatoms. The van der Waals surface area contributed by atoms with E-state index in [1.165, 1.54) is 65.2 Å². The summed E-state index contributed by atoms with van der Waals surface area (Å²) in [5.74, 6) is 2.82. The molecule has 3 aliphatic rings. The van der Waals surface area contributed by atoms with Crippen LogP contribution in [0.3, 0.4) is 0 Å². The number of carbonyl (C=O) groups is 1. The first kappa shape index (κ1) is 30.7. The molecule has 3 unspecified atom stereocenters. The molecule has 0 radical (unpaired) electrons. The smallest absolute Gasteiger partial charge is 0.163 e. The molecule has 8 rings (SSSR count). The summed E-state index contributed by atoms with van der Waals surface area (Å²) in [6.45, 7) is 6.13. The summed E-state index contributed by atoms with van der Waals surface area (Å²) in [6.07, 6.45) is 26.7. The number of nitrogens with zero attached hydrogens (tertiary/aromatic N) is 2. The largest absolute Gasteiger partial charge is 0.313 e. The SMILES string of the molecule is C=C/C=C\c1c(C)c2ccccc2n1-c1cc(C(=O)CCCCCCC2CC3C=CC2C3)cc(-n2c3c(c4ccccc42)C=CCC3)c1. The minimum Gasteiger partial charge on any atom is -0.313 e. The minimum atomic E-state index is 0.234. The van der Waals surface area contributed by atoms with Crippen LogP contribution >= 0.6 is 0 Å². The number of ketones is 1. The third kappa shape index (κ3) is 5.53. The first-order valence-electron chi connectivity index (χ1n) is 18.2. The van der Waals surface area contributed by atoms with Gasteiger partial charge in [0.2, 0.25) is 0 Å². The molecule has 0 aliphatic heterocycles. The number of fused-ring (bicyclic) bond motifs is 6. The highest BCUT2D eigenvalue weighted by Gasteiger charge is 2.34. The van der Waals surface area contributed by atoms with Crippen molar-refractivity contribution in [3.63, 3.8) is 0 Å². The number of rotatable bonds is 12. The van der Waals surface area contributed by atoms with E-state index in [1.807, 2.05) is 12.2 Å². The van der Waals surface area contributed by atoms with Gasteiger partial charge in [0.1, 0.15) is 0 Å². The molecular weight excluding hydrogens is 585 g/mol. The Hall–Kier alpha value is -4.63. The summed E-state index contributed by atoms with van der Waals surface area (Å²) in [5.41, 5.74) is 10.1. The van der Waals surface area contributed by atoms with Crippen LogP contribution in [0.2, 0.25) is 0 Å². The maximum absolute atomic E-state index is 14.1. The summed E-state index contributed by atoms with van der Waals surface area (Å²) >= 11 is 0. The zero-order valence-corrected chi connectivity index (χ0v) is 28.2. The van der Waals surface area contributed by atoms with Gasteiger partial charge in [-0.15, -0.1) is 0 Å². The van der Waals surface area contributed by atoms with E-state index < -0.39 is 0 Å². The topological polar surface area (TPSA) is 26.9 Å². The summed E-state index contributed by atoms with van der Waals surface area (Å²) < 4.78 is 4.74. The van der Waals surface area contributed by atoms with E-state index >= 15 is 0 Å². The fourth-order valence-electron chi connectivity index (χ4n) is 8.96. The van der Waals surface area contributed by atoms with Crippen molar-refractivity contribution in [2.24, 2.45) is 17.8 Å². The molecule has 0 spiro atoms. The number of carbonyl (C=O) groups excluding carboxylic acids is 1. The molecule has 3 aromatic carbocycles. The highest BCUT2D eigenvalue weighted by Crippen LogP contribution is 2.45. The van der Waals surface area contributed by atoms with E-state index in [0.717, 1.165) is 71.6 Å². The predicted molar refractivity (Wildman–Crippen MR) is 202 cm³/mol. The number of benzene rings is 3. The lowest BCUT2D eigenvalue weighted by molar-refractivity contribution is 0.0979. The van der Waals surface area contributed by atoms with Crippen molar-refractivity contribution in [2.75, 3.05) is 0 Å². The van der Waals surface area contributed by atoms with Gasteiger partial charge >= 0.3 is 0 Å². The Morgan fingerprint density at radius 2 is 1.62 bits per heavy atom. The molecule has 3 aliphatic carbocycles. The number of allylic oxidation sites excluding steroid dienone is 5. The number of aryl methyl sites for hydroxylation is 1. The summed E-state index contributed by atoms with van der Waals surface area (Å²) in [4.78, 5) is 14.1. The highest BCUT2D eigenvalue weighted by atomic mass is 16.1. The number of hydrogen-bond donors (Lipinski definition) is 0. The van der Waals surface area contributed by atoms with E-state index in [9.17, 15) is 4.79 Å². The number of Topliss-reactive ketones (excluding diaryl/α,β-unsaturated/α-hetero) is 1. The normalized spacial score (nSPS) is 19.6. The molecule has 0 saturated heterocycles. The van der Waals surface area contributed by atoms with Gasteiger partial charge in [-0.2, -0.15) is 0 Å². The van der Waals surface area contributed by atoms with Gasteiger partial charge in [0.25, 0.3) is 0 Å². The Bertz CT molecular complexity index is 2110. The fraction of sp³-hybridized carbons (Fsp3) is 0.311. The van der Waals surface area contributed by atoms with Gasteiger partial charge in [-0.25, -0.2) is 0 Å². The van der Waals surface area contributed by atoms with Gasteiger partial charge in [0, 0.05) is 51.1 Å². The Labute approximate surface area is 285 Å². The maximum atomic E-state index is 14.1. The third-order valence-corrected chi connectivity index (χ3v) is 11.3. The second-order valence-corrected chi connectivity index (χ2v) is 14.3. The van der Waals surface area contributed by atoms with Crippen LogP contribution in [0.4, 0.5) is 0 Å². The fourth-order valence-corrected chi connectivity index (χ4v) is 8.96. The molecule has 1 fully saturated rings. The molecule has 0 amide bonds. The minimum absolute atomic E-state index is 0.234. The van der Waals surface area contributed by atoms with Crippen molar-refractivity contribution in [2.45, 2.75) is 71.1 Å². The molecular formula is C45H46N2O. The summed E-state index contributed by atoms with van der Waals surface area (Å²) in [5, 5.41) is 2.48. The third-order valence-electron chi connectivity index (χ3n) is 11.3. The zero-order chi connectivity index (χ0) is 32.6. The Balaban J connectivity index is 1.15. The van der Waals surface area contributed by atoms with Gasteiger partial charge in [-0.3, -0.25) is 4.79 Å². The molecule has 3 nitrogen and oxygen atoms in total. The maximum Gasteiger partial charge on any atom is 0.163 e. The monoisotopic (exact) mass is 630 g/mol. The van der Waals surface area contributed by atoms with Crippen molar-refractivity contribution in [3.8, 4) is 11.4 Å². The lowest BCUT2D eigenvalue weighted by atomic mass is 9.88. The first-order chi connectivity index (χ1) is 23.6. The van der Waals surface area contributed by atoms with Gasteiger partial charge in [0.15, 0.2) is 5.78 Å². The van der Waals surface area contributed by atoms with Gasteiger partial charge in [-0.05, 0) is 105 Å². The molecule has 2 heterocycles. The number of hydrogen-bond acceptors (Lipinski definition) is 1. The van der Waals surface area contributed by atoms with E-state index in [1.54, 1.807) is 0 Å². The van der Waals surface area contributed by atoms with E-state index in [4.69, 9.17) is 0 Å². The van der Waals surface area contributed by atoms with Crippen molar-refractivity contribution >= 4 is 39.7 Å². The molecule has 0 N–H and O–H groups in total.